The number of nitrogens with zero attached hydrogens (tertiary/aromatic N) is 1. The molecule has 2 amide bonds. The van der Waals surface area contributed by atoms with Crippen LogP contribution in [0.2, 0.25) is 0 Å². The molecule has 4 aliphatic rings. The minimum atomic E-state index is -4.32. The molecule has 1 N–H and O–H groups in total. The topological polar surface area (TPSA) is 58.6 Å². The van der Waals surface area contributed by atoms with Crippen LogP contribution < -0.4 is 5.32 Å². The summed E-state index contributed by atoms with van der Waals surface area (Å²) >= 11 is 0. The number of piperidine rings is 1. The van der Waals surface area contributed by atoms with Crippen LogP contribution in [0.15, 0.2) is 24.3 Å². The third kappa shape index (κ3) is 2.68. The third-order valence-corrected chi connectivity index (χ3v) is 7.07. The Hall–Kier alpha value is -2.25. The molecule has 2 atom stereocenters. The Morgan fingerprint density at radius 2 is 1.89 bits per heavy atom. The SMILES string of the molecule is O=C1N[C@]2(CO1)C[C@H](C(=O)N1CC[C@]3(c4ccc(C(F)(F)F)cc4)C[C@@H]3C1)C2. The summed E-state index contributed by atoms with van der Waals surface area (Å²) in [7, 11) is 0. The molecule has 150 valence electrons. The molecule has 2 aliphatic carbocycles. The molecule has 2 heterocycles. The maximum absolute atomic E-state index is 12.8. The summed E-state index contributed by atoms with van der Waals surface area (Å²) in [5.74, 6) is 0.351. The standard InChI is InChI=1S/C20H21F3N2O3/c21-20(22,23)14-3-1-13(2-4-14)19-5-6-25(10-15(19)9-19)16(26)12-7-18(8-12)11-28-17(27)24-18/h1-4,12,15H,5-11H2,(H,24,27)/t12-,15-,18+,19-/m1/s1. The molecule has 8 heteroatoms. The van der Waals surface area contributed by atoms with E-state index in [1.165, 1.54) is 0 Å². The van der Waals surface area contributed by atoms with E-state index in [4.69, 9.17) is 4.74 Å². The Morgan fingerprint density at radius 1 is 1.18 bits per heavy atom. The zero-order valence-electron chi connectivity index (χ0n) is 15.2. The molecule has 0 unspecified atom stereocenters. The summed E-state index contributed by atoms with van der Waals surface area (Å²) in [6.45, 7) is 1.62. The van der Waals surface area contributed by atoms with E-state index in [-0.39, 0.29) is 22.8 Å². The average Bonchev–Trinajstić information content (AvgIpc) is 3.25. The van der Waals surface area contributed by atoms with Crippen LogP contribution in [0.25, 0.3) is 0 Å². The number of halogens is 3. The van der Waals surface area contributed by atoms with Gasteiger partial charge in [-0.25, -0.2) is 4.79 Å². The Labute approximate surface area is 160 Å². The molecule has 1 spiro atoms. The number of alkyl halides is 3. The van der Waals surface area contributed by atoms with Crippen molar-refractivity contribution >= 4 is 12.0 Å². The van der Waals surface area contributed by atoms with E-state index in [9.17, 15) is 22.8 Å². The summed E-state index contributed by atoms with van der Waals surface area (Å²) in [6.07, 6.45) is -1.80. The molecule has 2 saturated heterocycles. The first-order valence-electron chi connectivity index (χ1n) is 9.62. The van der Waals surface area contributed by atoms with Gasteiger partial charge in [0.15, 0.2) is 0 Å². The van der Waals surface area contributed by atoms with Gasteiger partial charge in [-0.2, -0.15) is 13.2 Å². The molecule has 0 radical (unpaired) electrons. The van der Waals surface area contributed by atoms with Gasteiger partial charge in [0, 0.05) is 24.4 Å². The fourth-order valence-corrected chi connectivity index (χ4v) is 5.34. The van der Waals surface area contributed by atoms with Crippen molar-refractivity contribution in [3.63, 3.8) is 0 Å². The highest BCUT2D eigenvalue weighted by Crippen LogP contribution is 2.59. The molecule has 28 heavy (non-hydrogen) atoms. The zero-order valence-corrected chi connectivity index (χ0v) is 15.2. The second-order valence-corrected chi connectivity index (χ2v) is 8.75. The van der Waals surface area contributed by atoms with E-state index in [0.717, 1.165) is 30.5 Å². The van der Waals surface area contributed by atoms with Crippen molar-refractivity contribution in [2.45, 2.75) is 42.8 Å². The van der Waals surface area contributed by atoms with Gasteiger partial charge in [0.25, 0.3) is 0 Å². The third-order valence-electron chi connectivity index (χ3n) is 7.07. The van der Waals surface area contributed by atoms with Crippen LogP contribution in [0.4, 0.5) is 18.0 Å². The number of carbonyl (C=O) groups is 2. The Kier molecular flexibility index (Phi) is 3.59. The van der Waals surface area contributed by atoms with Crippen LogP contribution in [-0.2, 0) is 21.1 Å². The van der Waals surface area contributed by atoms with Crippen LogP contribution in [0.5, 0.6) is 0 Å². The number of benzene rings is 1. The Morgan fingerprint density at radius 3 is 2.46 bits per heavy atom. The largest absolute Gasteiger partial charge is 0.447 e. The number of likely N-dealkylation sites (tertiary alicyclic amines) is 1. The van der Waals surface area contributed by atoms with E-state index >= 15 is 0 Å². The quantitative estimate of drug-likeness (QED) is 0.839. The van der Waals surface area contributed by atoms with Crippen molar-refractivity contribution in [1.29, 1.82) is 0 Å². The smallest absolute Gasteiger partial charge is 0.416 e. The molecule has 0 aromatic heterocycles. The lowest BCUT2D eigenvalue weighted by atomic mass is 9.68. The Balaban J connectivity index is 1.20. The number of hydrogen-bond donors (Lipinski definition) is 1. The van der Waals surface area contributed by atoms with E-state index < -0.39 is 17.8 Å². The van der Waals surface area contributed by atoms with Gasteiger partial charge in [0.1, 0.15) is 6.61 Å². The van der Waals surface area contributed by atoms with Crippen LogP contribution >= 0.6 is 0 Å². The highest BCUT2D eigenvalue weighted by molar-refractivity contribution is 5.82. The number of nitrogens with one attached hydrogen (secondary N) is 1. The number of hydrogen-bond acceptors (Lipinski definition) is 3. The van der Waals surface area contributed by atoms with Crippen molar-refractivity contribution in [3.05, 3.63) is 35.4 Å². The summed E-state index contributed by atoms with van der Waals surface area (Å²) in [6, 6.07) is 5.50. The Bertz CT molecular complexity index is 832. The molecule has 2 saturated carbocycles. The van der Waals surface area contributed by atoms with Gasteiger partial charge < -0.3 is 15.0 Å². The molecule has 0 bridgehead atoms. The molecule has 5 nitrogen and oxygen atoms in total. The molecule has 2 aliphatic heterocycles. The molecule has 5 rings (SSSR count). The number of rotatable bonds is 2. The molecular formula is C20H21F3N2O3. The maximum atomic E-state index is 12.8. The van der Waals surface area contributed by atoms with E-state index in [2.05, 4.69) is 5.32 Å². The number of amides is 2. The van der Waals surface area contributed by atoms with Gasteiger partial charge in [-0.15, -0.1) is 0 Å². The molecule has 4 fully saturated rings. The van der Waals surface area contributed by atoms with Crippen molar-refractivity contribution < 1.29 is 27.5 Å². The minimum Gasteiger partial charge on any atom is -0.447 e. The van der Waals surface area contributed by atoms with Gasteiger partial charge in [0.05, 0.1) is 11.1 Å². The van der Waals surface area contributed by atoms with E-state index in [1.54, 1.807) is 12.1 Å². The van der Waals surface area contributed by atoms with E-state index in [1.807, 2.05) is 4.90 Å². The van der Waals surface area contributed by atoms with Crippen LogP contribution in [0, 0.1) is 11.8 Å². The summed E-state index contributed by atoms with van der Waals surface area (Å²) in [4.78, 5) is 25.9. The van der Waals surface area contributed by atoms with Gasteiger partial charge in [-0.1, -0.05) is 12.1 Å². The normalized spacial score (nSPS) is 36.4. The zero-order chi connectivity index (χ0) is 19.7. The summed E-state index contributed by atoms with van der Waals surface area (Å²) in [5, 5.41) is 2.80. The molecule has 1 aromatic carbocycles. The van der Waals surface area contributed by atoms with Crippen molar-refractivity contribution in [3.8, 4) is 0 Å². The van der Waals surface area contributed by atoms with Gasteiger partial charge in [-0.05, 0) is 49.3 Å². The predicted molar refractivity (Wildman–Crippen MR) is 92.4 cm³/mol. The second kappa shape index (κ2) is 5.64. The number of carbonyl (C=O) groups excluding carboxylic acids is 2. The summed E-state index contributed by atoms with van der Waals surface area (Å²) in [5.41, 5.74) is -0.114. The van der Waals surface area contributed by atoms with Crippen molar-refractivity contribution in [2.24, 2.45) is 11.8 Å². The maximum Gasteiger partial charge on any atom is 0.416 e. The molecular weight excluding hydrogens is 373 g/mol. The van der Waals surface area contributed by atoms with Crippen molar-refractivity contribution in [2.75, 3.05) is 19.7 Å². The fourth-order valence-electron chi connectivity index (χ4n) is 5.34. The summed E-state index contributed by atoms with van der Waals surface area (Å²) < 4.78 is 43.3. The predicted octanol–water partition coefficient (Wildman–Crippen LogP) is 3.08. The van der Waals surface area contributed by atoms with Gasteiger partial charge in [-0.3, -0.25) is 4.79 Å². The number of cyclic esters (lactones) is 1. The van der Waals surface area contributed by atoms with E-state index in [0.29, 0.717) is 38.5 Å². The van der Waals surface area contributed by atoms with Crippen LogP contribution in [0.3, 0.4) is 0 Å². The lowest BCUT2D eigenvalue weighted by Gasteiger charge is -2.44. The number of ether oxygens (including phenoxy) is 1. The first kappa shape index (κ1) is 17.8. The minimum absolute atomic E-state index is 0.0744. The van der Waals surface area contributed by atoms with Crippen LogP contribution in [-0.4, -0.2) is 42.1 Å². The fraction of sp³-hybridized carbons (Fsp3) is 0.600. The lowest BCUT2D eigenvalue weighted by molar-refractivity contribution is -0.142. The van der Waals surface area contributed by atoms with Gasteiger partial charge in [0.2, 0.25) is 5.91 Å². The average molecular weight is 394 g/mol. The van der Waals surface area contributed by atoms with Crippen molar-refractivity contribution in [1.82, 2.24) is 10.2 Å². The van der Waals surface area contributed by atoms with Crippen LogP contribution in [0.1, 0.15) is 36.8 Å². The number of alkyl carbamates (subject to hydrolysis) is 1. The highest BCUT2D eigenvalue weighted by atomic mass is 19.4. The number of fused-ring (bicyclic) bond motifs is 1. The monoisotopic (exact) mass is 394 g/mol. The first-order valence-corrected chi connectivity index (χ1v) is 9.62. The second-order valence-electron chi connectivity index (χ2n) is 8.75. The first-order chi connectivity index (χ1) is 13.2. The van der Waals surface area contributed by atoms with Gasteiger partial charge >= 0.3 is 12.3 Å². The molecule has 1 aromatic rings. The lowest BCUT2D eigenvalue weighted by Crippen LogP contribution is -2.58. The highest BCUT2D eigenvalue weighted by Gasteiger charge is 2.59.